The highest BCUT2D eigenvalue weighted by molar-refractivity contribution is 5.67. The third-order valence-electron chi connectivity index (χ3n) is 3.18. The quantitative estimate of drug-likeness (QED) is 0.638. The highest BCUT2D eigenvalue weighted by Gasteiger charge is 2.22. The number of hydrogen-bond donors (Lipinski definition) is 4. The Labute approximate surface area is 128 Å². The predicted molar refractivity (Wildman–Crippen MR) is 78.9 cm³/mol. The number of amides is 1. The summed E-state index contributed by atoms with van der Waals surface area (Å²) in [4.78, 5) is 18.3. The van der Waals surface area contributed by atoms with Gasteiger partial charge in [-0.15, -0.1) is 0 Å². The van der Waals surface area contributed by atoms with E-state index in [1.807, 2.05) is 30.3 Å². The van der Waals surface area contributed by atoms with E-state index in [9.17, 15) is 15.0 Å². The molecule has 0 bridgehead atoms. The van der Waals surface area contributed by atoms with E-state index >= 15 is 0 Å². The number of ether oxygens (including phenoxy) is 1. The van der Waals surface area contributed by atoms with Gasteiger partial charge in [-0.25, -0.2) is 9.78 Å². The Kier molecular flexibility index (Phi) is 5.51. The fraction of sp³-hybridized carbons (Fsp3) is 0.333. The summed E-state index contributed by atoms with van der Waals surface area (Å²) >= 11 is 0. The van der Waals surface area contributed by atoms with E-state index < -0.39 is 18.3 Å². The normalized spacial score (nSPS) is 13.4. The van der Waals surface area contributed by atoms with Gasteiger partial charge in [0, 0.05) is 12.2 Å². The van der Waals surface area contributed by atoms with Crippen LogP contribution in [0.1, 0.15) is 23.1 Å². The van der Waals surface area contributed by atoms with E-state index in [2.05, 4.69) is 15.3 Å². The third kappa shape index (κ3) is 4.31. The summed E-state index contributed by atoms with van der Waals surface area (Å²) in [5, 5.41) is 22.2. The second-order valence-electron chi connectivity index (χ2n) is 4.87. The van der Waals surface area contributed by atoms with Crippen LogP contribution in [0.15, 0.2) is 36.7 Å². The van der Waals surface area contributed by atoms with Crippen molar-refractivity contribution >= 4 is 6.09 Å². The smallest absolute Gasteiger partial charge is 0.407 e. The molecule has 0 radical (unpaired) electrons. The minimum Gasteiger partial charge on any atom is -0.445 e. The molecule has 4 N–H and O–H groups in total. The average molecular weight is 305 g/mol. The van der Waals surface area contributed by atoms with Crippen molar-refractivity contribution in [1.29, 1.82) is 0 Å². The number of hydrogen-bond acceptors (Lipinski definition) is 5. The molecule has 1 amide bonds. The van der Waals surface area contributed by atoms with E-state index in [0.29, 0.717) is 11.4 Å². The summed E-state index contributed by atoms with van der Waals surface area (Å²) in [5.41, 5.74) is 1.88. The first-order valence-corrected chi connectivity index (χ1v) is 6.88. The highest BCUT2D eigenvalue weighted by Crippen LogP contribution is 2.16. The van der Waals surface area contributed by atoms with Gasteiger partial charge in [0.2, 0.25) is 0 Å². The number of benzene rings is 1. The van der Waals surface area contributed by atoms with Crippen molar-refractivity contribution in [2.24, 2.45) is 0 Å². The lowest BCUT2D eigenvalue weighted by atomic mass is 10.1. The number of carbonyl (C=O) groups is 1. The van der Waals surface area contributed by atoms with Gasteiger partial charge < -0.3 is 25.3 Å². The second-order valence-corrected chi connectivity index (χ2v) is 4.87. The van der Waals surface area contributed by atoms with Gasteiger partial charge in [-0.2, -0.15) is 0 Å². The van der Waals surface area contributed by atoms with Gasteiger partial charge in [0.1, 0.15) is 18.8 Å². The largest absolute Gasteiger partial charge is 0.445 e. The Hall–Kier alpha value is -2.38. The summed E-state index contributed by atoms with van der Waals surface area (Å²) in [6, 6.07) is 9.25. The van der Waals surface area contributed by atoms with Crippen molar-refractivity contribution in [1.82, 2.24) is 15.3 Å². The van der Waals surface area contributed by atoms with Gasteiger partial charge in [0.05, 0.1) is 12.0 Å². The Morgan fingerprint density at radius 3 is 2.73 bits per heavy atom. The molecule has 1 aromatic heterocycles. The number of alkyl carbamates (subject to hydrolysis) is 1. The molecule has 2 aromatic rings. The lowest BCUT2D eigenvalue weighted by molar-refractivity contribution is 0.0158. The zero-order valence-electron chi connectivity index (χ0n) is 12.2. The number of carbonyl (C=O) groups excluding carboxylic acids is 1. The molecule has 2 atom stereocenters. The molecule has 0 saturated carbocycles. The summed E-state index contributed by atoms with van der Waals surface area (Å²) in [6.07, 6.45) is -1.58. The van der Waals surface area contributed by atoms with Gasteiger partial charge in [-0.05, 0) is 12.5 Å². The molecule has 0 aliphatic rings. The molecule has 118 valence electrons. The molecule has 7 heteroatoms. The maximum atomic E-state index is 11.5. The Balaban J connectivity index is 1.75. The maximum absolute atomic E-state index is 11.5. The number of H-pyrrole nitrogens is 1. The molecule has 0 aliphatic heterocycles. The van der Waals surface area contributed by atoms with Crippen molar-refractivity contribution in [2.45, 2.75) is 25.7 Å². The average Bonchev–Trinajstić information content (AvgIpc) is 2.96. The topological polar surface area (TPSA) is 107 Å². The summed E-state index contributed by atoms with van der Waals surface area (Å²) in [7, 11) is 0. The van der Waals surface area contributed by atoms with Crippen molar-refractivity contribution in [3.8, 4) is 0 Å². The van der Waals surface area contributed by atoms with Crippen LogP contribution in [0.5, 0.6) is 0 Å². The van der Waals surface area contributed by atoms with Crippen LogP contribution >= 0.6 is 0 Å². The molecule has 0 aliphatic carbocycles. The Morgan fingerprint density at radius 2 is 2.09 bits per heavy atom. The summed E-state index contributed by atoms with van der Waals surface area (Å²) < 4.78 is 5.01. The van der Waals surface area contributed by atoms with Crippen LogP contribution in [0, 0.1) is 6.92 Å². The molecule has 2 unspecified atom stereocenters. The molecular formula is C15H19N3O4. The number of aromatic nitrogens is 2. The van der Waals surface area contributed by atoms with Gasteiger partial charge in [0.15, 0.2) is 0 Å². The van der Waals surface area contributed by atoms with Crippen molar-refractivity contribution in [3.63, 3.8) is 0 Å². The minimum absolute atomic E-state index is 0.138. The number of imidazole rings is 1. The molecule has 0 saturated heterocycles. The first-order chi connectivity index (χ1) is 10.6. The van der Waals surface area contributed by atoms with Crippen LogP contribution in [0.2, 0.25) is 0 Å². The molecule has 22 heavy (non-hydrogen) atoms. The number of aryl methyl sites for hydroxylation is 1. The number of aliphatic hydroxyl groups excluding tert-OH is 2. The zero-order valence-corrected chi connectivity index (χ0v) is 12.2. The van der Waals surface area contributed by atoms with E-state index in [1.54, 1.807) is 6.92 Å². The minimum atomic E-state index is -1.18. The molecule has 2 rings (SSSR count). The highest BCUT2D eigenvalue weighted by atomic mass is 16.5. The number of rotatable bonds is 6. The van der Waals surface area contributed by atoms with Crippen molar-refractivity contribution in [2.75, 3.05) is 6.54 Å². The summed E-state index contributed by atoms with van der Waals surface area (Å²) in [6.45, 7) is 1.74. The number of aliphatic hydroxyl groups is 2. The molecule has 1 heterocycles. The van der Waals surface area contributed by atoms with E-state index in [0.717, 1.165) is 5.56 Å². The first-order valence-electron chi connectivity index (χ1n) is 6.88. The van der Waals surface area contributed by atoms with Crippen LogP contribution in [0.3, 0.4) is 0 Å². The lowest BCUT2D eigenvalue weighted by Crippen LogP contribution is -2.36. The maximum Gasteiger partial charge on any atom is 0.407 e. The lowest BCUT2D eigenvalue weighted by Gasteiger charge is -2.17. The predicted octanol–water partition coefficient (Wildman–Crippen LogP) is 1.04. The van der Waals surface area contributed by atoms with Gasteiger partial charge in [0.25, 0.3) is 0 Å². The van der Waals surface area contributed by atoms with Crippen LogP contribution in [-0.2, 0) is 11.3 Å². The van der Waals surface area contributed by atoms with E-state index in [-0.39, 0.29) is 13.2 Å². The summed E-state index contributed by atoms with van der Waals surface area (Å²) in [5.74, 6) is 0. The van der Waals surface area contributed by atoms with Crippen molar-refractivity contribution < 1.29 is 19.7 Å². The monoisotopic (exact) mass is 305 g/mol. The standard InChI is InChI=1S/C15H19N3O4/c1-10-13(18-9-17-10)14(20)12(19)7-16-15(21)22-8-11-5-3-2-4-6-11/h2-6,9,12,14,19-20H,7-8H2,1H3,(H,16,21)(H,17,18). The van der Waals surface area contributed by atoms with Gasteiger partial charge in [-0.1, -0.05) is 30.3 Å². The SMILES string of the molecule is Cc1[nH]cnc1C(O)C(O)CNC(=O)OCc1ccccc1. The van der Waals surface area contributed by atoms with Crippen LogP contribution in [-0.4, -0.2) is 38.9 Å². The van der Waals surface area contributed by atoms with Crippen LogP contribution < -0.4 is 5.32 Å². The Bertz CT molecular complexity index is 600. The number of nitrogens with one attached hydrogen (secondary N) is 2. The van der Waals surface area contributed by atoms with E-state index in [1.165, 1.54) is 6.33 Å². The fourth-order valence-electron chi connectivity index (χ4n) is 1.92. The van der Waals surface area contributed by atoms with Crippen LogP contribution in [0.25, 0.3) is 0 Å². The molecule has 1 aromatic carbocycles. The third-order valence-corrected chi connectivity index (χ3v) is 3.18. The second kappa shape index (κ2) is 7.58. The van der Waals surface area contributed by atoms with E-state index in [4.69, 9.17) is 4.74 Å². The van der Waals surface area contributed by atoms with Gasteiger partial charge in [-0.3, -0.25) is 0 Å². The van der Waals surface area contributed by atoms with Crippen LogP contribution in [0.4, 0.5) is 4.79 Å². The first kappa shape index (κ1) is 16.0. The zero-order chi connectivity index (χ0) is 15.9. The fourth-order valence-corrected chi connectivity index (χ4v) is 1.92. The molecular weight excluding hydrogens is 286 g/mol. The number of nitrogens with zero attached hydrogens (tertiary/aromatic N) is 1. The number of aromatic amines is 1. The molecule has 7 nitrogen and oxygen atoms in total. The molecule has 0 spiro atoms. The molecule has 0 fully saturated rings. The van der Waals surface area contributed by atoms with Crippen molar-refractivity contribution in [3.05, 3.63) is 53.6 Å². The Morgan fingerprint density at radius 1 is 1.36 bits per heavy atom. The van der Waals surface area contributed by atoms with Gasteiger partial charge >= 0.3 is 6.09 Å².